The van der Waals surface area contributed by atoms with Crippen molar-refractivity contribution < 1.29 is 0 Å². The van der Waals surface area contributed by atoms with Crippen molar-refractivity contribution >= 4 is 22.5 Å². The third kappa shape index (κ3) is 3.29. The SMILES string of the molecule is CC(C)c1ccc2nc(Nc3ccccc3)nc(-c3ccccc3)c2c1. The molecular weight excluding hydrogens is 318 g/mol. The number of nitrogens with zero attached hydrogens (tertiary/aromatic N) is 2. The first-order chi connectivity index (χ1) is 12.7. The van der Waals surface area contributed by atoms with Gasteiger partial charge in [-0.05, 0) is 35.7 Å². The largest absolute Gasteiger partial charge is 0.324 e. The van der Waals surface area contributed by atoms with Crippen LogP contribution in [0.15, 0.2) is 78.9 Å². The van der Waals surface area contributed by atoms with Gasteiger partial charge >= 0.3 is 0 Å². The molecule has 0 fully saturated rings. The van der Waals surface area contributed by atoms with Gasteiger partial charge in [-0.1, -0.05) is 68.4 Å². The number of nitrogens with one attached hydrogen (secondary N) is 1. The van der Waals surface area contributed by atoms with Crippen molar-refractivity contribution in [2.24, 2.45) is 0 Å². The summed E-state index contributed by atoms with van der Waals surface area (Å²) >= 11 is 0. The number of para-hydroxylation sites is 1. The van der Waals surface area contributed by atoms with E-state index >= 15 is 0 Å². The van der Waals surface area contributed by atoms with E-state index in [1.165, 1.54) is 5.56 Å². The van der Waals surface area contributed by atoms with E-state index in [9.17, 15) is 0 Å². The summed E-state index contributed by atoms with van der Waals surface area (Å²) in [4.78, 5) is 9.58. The molecule has 0 bridgehead atoms. The first-order valence-corrected chi connectivity index (χ1v) is 8.90. The fourth-order valence-electron chi connectivity index (χ4n) is 3.03. The molecule has 0 aliphatic carbocycles. The lowest BCUT2D eigenvalue weighted by atomic mass is 9.99. The van der Waals surface area contributed by atoms with Gasteiger partial charge in [-0.25, -0.2) is 9.97 Å². The molecule has 0 aliphatic heterocycles. The third-order valence-electron chi connectivity index (χ3n) is 4.46. The van der Waals surface area contributed by atoms with Gasteiger partial charge in [0.25, 0.3) is 0 Å². The van der Waals surface area contributed by atoms with Gasteiger partial charge in [0.1, 0.15) is 0 Å². The number of anilines is 2. The maximum Gasteiger partial charge on any atom is 0.228 e. The topological polar surface area (TPSA) is 37.8 Å². The van der Waals surface area contributed by atoms with E-state index in [0.717, 1.165) is 27.8 Å². The number of benzene rings is 3. The lowest BCUT2D eigenvalue weighted by Gasteiger charge is -2.13. The average Bonchev–Trinajstić information content (AvgIpc) is 2.68. The maximum atomic E-state index is 4.84. The van der Waals surface area contributed by atoms with Crippen molar-refractivity contribution in [3.8, 4) is 11.3 Å². The van der Waals surface area contributed by atoms with Crippen LogP contribution >= 0.6 is 0 Å². The highest BCUT2D eigenvalue weighted by atomic mass is 15.1. The Morgan fingerprint density at radius 2 is 1.46 bits per heavy atom. The minimum Gasteiger partial charge on any atom is -0.324 e. The predicted molar refractivity (Wildman–Crippen MR) is 109 cm³/mol. The Bertz CT molecular complexity index is 1030. The van der Waals surface area contributed by atoms with E-state index in [0.29, 0.717) is 11.9 Å². The lowest BCUT2D eigenvalue weighted by molar-refractivity contribution is 0.868. The van der Waals surface area contributed by atoms with Crippen LogP contribution < -0.4 is 5.32 Å². The monoisotopic (exact) mass is 339 g/mol. The van der Waals surface area contributed by atoms with Crippen LogP contribution in [0.3, 0.4) is 0 Å². The second-order valence-corrected chi connectivity index (χ2v) is 6.68. The van der Waals surface area contributed by atoms with E-state index in [2.05, 4.69) is 49.5 Å². The molecule has 0 saturated carbocycles. The summed E-state index contributed by atoms with van der Waals surface area (Å²) in [6, 6.07) is 26.8. The second kappa shape index (κ2) is 6.96. The first-order valence-electron chi connectivity index (χ1n) is 8.90. The molecule has 0 unspecified atom stereocenters. The first kappa shape index (κ1) is 16.3. The van der Waals surface area contributed by atoms with Crippen LogP contribution in [0.2, 0.25) is 0 Å². The van der Waals surface area contributed by atoms with E-state index in [1.54, 1.807) is 0 Å². The molecule has 3 aromatic carbocycles. The summed E-state index contributed by atoms with van der Waals surface area (Å²) in [5.41, 5.74) is 5.27. The minimum atomic E-state index is 0.463. The molecule has 0 atom stereocenters. The maximum absolute atomic E-state index is 4.84. The molecular formula is C23H21N3. The molecule has 128 valence electrons. The smallest absolute Gasteiger partial charge is 0.228 e. The van der Waals surface area contributed by atoms with Crippen molar-refractivity contribution in [1.29, 1.82) is 0 Å². The zero-order valence-corrected chi connectivity index (χ0v) is 15.0. The molecule has 1 aromatic heterocycles. The summed E-state index contributed by atoms with van der Waals surface area (Å²) < 4.78 is 0. The van der Waals surface area contributed by atoms with Crippen molar-refractivity contribution in [1.82, 2.24) is 9.97 Å². The molecule has 0 radical (unpaired) electrons. The minimum absolute atomic E-state index is 0.463. The van der Waals surface area contributed by atoms with E-state index in [4.69, 9.17) is 9.97 Å². The molecule has 26 heavy (non-hydrogen) atoms. The quantitative estimate of drug-likeness (QED) is 0.483. The average molecular weight is 339 g/mol. The fourth-order valence-corrected chi connectivity index (χ4v) is 3.03. The molecule has 3 nitrogen and oxygen atoms in total. The number of fused-ring (bicyclic) bond motifs is 1. The number of aromatic nitrogens is 2. The van der Waals surface area contributed by atoms with Gasteiger partial charge in [0.15, 0.2) is 0 Å². The fraction of sp³-hybridized carbons (Fsp3) is 0.130. The van der Waals surface area contributed by atoms with Gasteiger partial charge in [-0.3, -0.25) is 0 Å². The molecule has 0 amide bonds. The number of hydrogen-bond acceptors (Lipinski definition) is 3. The molecule has 1 heterocycles. The highest BCUT2D eigenvalue weighted by Gasteiger charge is 2.12. The van der Waals surface area contributed by atoms with Gasteiger partial charge in [-0.15, -0.1) is 0 Å². The highest BCUT2D eigenvalue weighted by Crippen LogP contribution is 2.30. The molecule has 3 heteroatoms. The summed E-state index contributed by atoms with van der Waals surface area (Å²) in [6.45, 7) is 4.41. The van der Waals surface area contributed by atoms with Crippen LogP contribution in [-0.4, -0.2) is 9.97 Å². The number of hydrogen-bond donors (Lipinski definition) is 1. The molecule has 0 saturated heterocycles. The Labute approximate surface area is 153 Å². The van der Waals surface area contributed by atoms with Crippen molar-refractivity contribution in [3.63, 3.8) is 0 Å². The summed E-state index contributed by atoms with van der Waals surface area (Å²) in [5.74, 6) is 1.07. The Morgan fingerprint density at radius 3 is 2.15 bits per heavy atom. The molecule has 0 aliphatic rings. The van der Waals surface area contributed by atoms with Crippen LogP contribution in [0.4, 0.5) is 11.6 Å². The zero-order chi connectivity index (χ0) is 17.9. The highest BCUT2D eigenvalue weighted by molar-refractivity contribution is 5.93. The zero-order valence-electron chi connectivity index (χ0n) is 15.0. The van der Waals surface area contributed by atoms with Gasteiger partial charge in [0, 0.05) is 16.6 Å². The van der Waals surface area contributed by atoms with Crippen molar-refractivity contribution in [2.45, 2.75) is 19.8 Å². The van der Waals surface area contributed by atoms with Crippen LogP contribution in [0.5, 0.6) is 0 Å². The van der Waals surface area contributed by atoms with E-state index in [-0.39, 0.29) is 0 Å². The Morgan fingerprint density at radius 1 is 0.769 bits per heavy atom. The summed E-state index contributed by atoms with van der Waals surface area (Å²) in [5, 5.41) is 4.41. The number of rotatable bonds is 4. The Kier molecular flexibility index (Phi) is 4.36. The van der Waals surface area contributed by atoms with Gasteiger partial charge in [0.05, 0.1) is 11.2 Å². The van der Waals surface area contributed by atoms with Crippen LogP contribution in [0.25, 0.3) is 22.2 Å². The van der Waals surface area contributed by atoms with Crippen molar-refractivity contribution in [2.75, 3.05) is 5.32 Å². The van der Waals surface area contributed by atoms with E-state index < -0.39 is 0 Å². The molecule has 1 N–H and O–H groups in total. The normalized spacial score (nSPS) is 11.0. The van der Waals surface area contributed by atoms with Gasteiger partial charge < -0.3 is 5.32 Å². The van der Waals surface area contributed by atoms with Gasteiger partial charge in [-0.2, -0.15) is 0 Å². The molecule has 4 aromatic rings. The standard InChI is InChI=1S/C23H21N3/c1-16(2)18-13-14-21-20(15-18)22(17-9-5-3-6-10-17)26-23(25-21)24-19-11-7-4-8-12-19/h3-16H,1-2H3,(H,24,25,26). The third-order valence-corrected chi connectivity index (χ3v) is 4.46. The van der Waals surface area contributed by atoms with Crippen molar-refractivity contribution in [3.05, 3.63) is 84.4 Å². The predicted octanol–water partition coefficient (Wildman–Crippen LogP) is 6.16. The Balaban J connectivity index is 1.89. The lowest BCUT2D eigenvalue weighted by Crippen LogP contribution is -2.00. The van der Waals surface area contributed by atoms with Crippen LogP contribution in [0, 0.1) is 0 Å². The second-order valence-electron chi connectivity index (χ2n) is 6.68. The van der Waals surface area contributed by atoms with Crippen LogP contribution in [0.1, 0.15) is 25.3 Å². The van der Waals surface area contributed by atoms with Gasteiger partial charge in [0.2, 0.25) is 5.95 Å². The summed E-state index contributed by atoms with van der Waals surface area (Å²) in [7, 11) is 0. The van der Waals surface area contributed by atoms with Crippen LogP contribution in [-0.2, 0) is 0 Å². The molecule has 4 rings (SSSR count). The van der Waals surface area contributed by atoms with E-state index in [1.807, 2.05) is 48.5 Å². The summed E-state index contributed by atoms with van der Waals surface area (Å²) in [6.07, 6.45) is 0. The molecule has 0 spiro atoms. The Hall–Kier alpha value is -3.20.